The number of amides is 1. The van der Waals surface area contributed by atoms with E-state index in [-0.39, 0.29) is 18.1 Å². The largest absolute Gasteiger partial charge is 0.383 e. The Balaban J connectivity index is 1.49. The van der Waals surface area contributed by atoms with Gasteiger partial charge in [0.15, 0.2) is 0 Å². The summed E-state index contributed by atoms with van der Waals surface area (Å²) in [7, 11) is 1.64. The first kappa shape index (κ1) is 16.2. The maximum absolute atomic E-state index is 12.1. The number of methoxy groups -OCH3 is 1. The second-order valence-electron chi connectivity index (χ2n) is 6.46. The van der Waals surface area contributed by atoms with E-state index < -0.39 is 0 Å². The standard InChI is InChI=1S/C16H28N2O4/c1-20-11-7-17-16(19)15-3-2-13-14(22-15)4-8-18(13)12-5-9-21-10-6-12/h12-15H,2-11H2,1H3,(H,17,19)/t13-,14-,15+/m0/s1. The fourth-order valence-corrected chi connectivity index (χ4v) is 4.01. The molecule has 0 aliphatic carbocycles. The molecule has 0 aromatic heterocycles. The number of nitrogens with one attached hydrogen (secondary N) is 1. The quantitative estimate of drug-likeness (QED) is 0.751. The van der Waals surface area contributed by atoms with Gasteiger partial charge in [-0.05, 0) is 32.1 Å². The van der Waals surface area contributed by atoms with Gasteiger partial charge in [0.1, 0.15) is 6.10 Å². The Bertz CT molecular complexity index is 373. The normalized spacial score (nSPS) is 33.6. The number of hydrogen-bond donors (Lipinski definition) is 1. The van der Waals surface area contributed by atoms with Gasteiger partial charge < -0.3 is 19.5 Å². The third-order valence-corrected chi connectivity index (χ3v) is 5.15. The lowest BCUT2D eigenvalue weighted by Crippen LogP contribution is -2.51. The van der Waals surface area contributed by atoms with Crippen LogP contribution in [-0.2, 0) is 19.0 Å². The SMILES string of the molecule is COCCNC(=O)[C@H]1CC[C@H]2[C@H](CCN2C2CCOCC2)O1. The molecular formula is C16H28N2O4. The van der Waals surface area contributed by atoms with Crippen molar-refractivity contribution in [3.63, 3.8) is 0 Å². The van der Waals surface area contributed by atoms with Crippen LogP contribution in [0.3, 0.4) is 0 Å². The summed E-state index contributed by atoms with van der Waals surface area (Å²) in [5, 5.41) is 2.89. The van der Waals surface area contributed by atoms with Crippen molar-refractivity contribution < 1.29 is 19.0 Å². The summed E-state index contributed by atoms with van der Waals surface area (Å²) in [5.74, 6) is 0.0139. The molecule has 0 aromatic carbocycles. The van der Waals surface area contributed by atoms with Crippen LogP contribution in [-0.4, -0.2) is 75.1 Å². The average molecular weight is 312 g/mol. The Morgan fingerprint density at radius 2 is 2.05 bits per heavy atom. The number of carbonyl (C=O) groups is 1. The molecule has 3 aliphatic heterocycles. The molecule has 0 aromatic rings. The van der Waals surface area contributed by atoms with Gasteiger partial charge in [-0.2, -0.15) is 0 Å². The number of ether oxygens (including phenoxy) is 3. The van der Waals surface area contributed by atoms with Crippen molar-refractivity contribution in [2.45, 2.75) is 56.4 Å². The fourth-order valence-electron chi connectivity index (χ4n) is 4.01. The molecule has 22 heavy (non-hydrogen) atoms. The van der Waals surface area contributed by atoms with Crippen LogP contribution in [0.25, 0.3) is 0 Å². The zero-order valence-corrected chi connectivity index (χ0v) is 13.5. The van der Waals surface area contributed by atoms with Crippen LogP contribution in [0.1, 0.15) is 32.1 Å². The number of fused-ring (bicyclic) bond motifs is 1. The molecular weight excluding hydrogens is 284 g/mol. The first-order valence-electron chi connectivity index (χ1n) is 8.55. The minimum atomic E-state index is -0.284. The third kappa shape index (κ3) is 3.62. The van der Waals surface area contributed by atoms with Gasteiger partial charge in [0.2, 0.25) is 5.91 Å². The van der Waals surface area contributed by atoms with Gasteiger partial charge in [0, 0.05) is 45.5 Å². The average Bonchev–Trinajstić information content (AvgIpc) is 2.99. The highest BCUT2D eigenvalue weighted by Crippen LogP contribution is 2.34. The molecule has 3 aliphatic rings. The lowest BCUT2D eigenvalue weighted by atomic mass is 9.96. The van der Waals surface area contributed by atoms with E-state index in [2.05, 4.69) is 10.2 Å². The third-order valence-electron chi connectivity index (χ3n) is 5.15. The summed E-state index contributed by atoms with van der Waals surface area (Å²) in [6, 6.07) is 1.13. The maximum Gasteiger partial charge on any atom is 0.249 e. The van der Waals surface area contributed by atoms with E-state index in [9.17, 15) is 4.79 Å². The molecule has 3 rings (SSSR count). The number of rotatable bonds is 5. The Labute approximate surface area is 132 Å². The van der Waals surface area contributed by atoms with Gasteiger partial charge in [-0.15, -0.1) is 0 Å². The molecule has 0 unspecified atom stereocenters. The fraction of sp³-hybridized carbons (Fsp3) is 0.938. The Hall–Kier alpha value is -0.690. The van der Waals surface area contributed by atoms with E-state index in [1.807, 2.05) is 0 Å². The lowest BCUT2D eigenvalue weighted by Gasteiger charge is -2.40. The highest BCUT2D eigenvalue weighted by Gasteiger charge is 2.43. The maximum atomic E-state index is 12.1. The topological polar surface area (TPSA) is 60.0 Å². The summed E-state index contributed by atoms with van der Waals surface area (Å²) in [6.45, 7) is 3.95. The van der Waals surface area contributed by atoms with Crippen molar-refractivity contribution in [2.75, 3.05) is 40.0 Å². The molecule has 0 saturated carbocycles. The molecule has 1 N–H and O–H groups in total. The zero-order chi connectivity index (χ0) is 15.4. The van der Waals surface area contributed by atoms with Gasteiger partial charge in [-0.1, -0.05) is 0 Å². The van der Waals surface area contributed by atoms with E-state index in [0.717, 1.165) is 51.9 Å². The molecule has 0 bridgehead atoms. The van der Waals surface area contributed by atoms with Gasteiger partial charge in [0.25, 0.3) is 0 Å². The van der Waals surface area contributed by atoms with Crippen LogP contribution in [0.15, 0.2) is 0 Å². The lowest BCUT2D eigenvalue weighted by molar-refractivity contribution is -0.144. The summed E-state index contributed by atoms with van der Waals surface area (Å²) in [5.41, 5.74) is 0. The summed E-state index contributed by atoms with van der Waals surface area (Å²) in [6.07, 6.45) is 5.12. The van der Waals surface area contributed by atoms with E-state index in [1.165, 1.54) is 0 Å². The van der Waals surface area contributed by atoms with Crippen molar-refractivity contribution in [3.8, 4) is 0 Å². The molecule has 6 nitrogen and oxygen atoms in total. The second kappa shape index (κ2) is 7.73. The van der Waals surface area contributed by atoms with E-state index >= 15 is 0 Å². The number of hydrogen-bond acceptors (Lipinski definition) is 5. The minimum Gasteiger partial charge on any atom is -0.383 e. The Kier molecular flexibility index (Phi) is 5.68. The van der Waals surface area contributed by atoms with E-state index in [0.29, 0.717) is 25.2 Å². The van der Waals surface area contributed by atoms with E-state index in [1.54, 1.807) is 7.11 Å². The van der Waals surface area contributed by atoms with Crippen LogP contribution >= 0.6 is 0 Å². The predicted octanol–water partition coefficient (Wildman–Crippen LogP) is 0.550. The van der Waals surface area contributed by atoms with Crippen LogP contribution in [0, 0.1) is 0 Å². The number of likely N-dealkylation sites (tertiary alicyclic amines) is 1. The Morgan fingerprint density at radius 3 is 2.82 bits per heavy atom. The summed E-state index contributed by atoms with van der Waals surface area (Å²) >= 11 is 0. The smallest absolute Gasteiger partial charge is 0.249 e. The van der Waals surface area contributed by atoms with Crippen LogP contribution in [0.4, 0.5) is 0 Å². The second-order valence-corrected chi connectivity index (χ2v) is 6.46. The first-order chi connectivity index (χ1) is 10.8. The van der Waals surface area contributed by atoms with Crippen molar-refractivity contribution in [3.05, 3.63) is 0 Å². The van der Waals surface area contributed by atoms with Crippen LogP contribution in [0.5, 0.6) is 0 Å². The summed E-state index contributed by atoms with van der Waals surface area (Å²) < 4.78 is 16.5. The highest BCUT2D eigenvalue weighted by molar-refractivity contribution is 5.80. The van der Waals surface area contributed by atoms with E-state index in [4.69, 9.17) is 14.2 Å². The number of carbonyl (C=O) groups excluding carboxylic acids is 1. The van der Waals surface area contributed by atoms with Gasteiger partial charge in [0.05, 0.1) is 12.7 Å². The number of nitrogens with zero attached hydrogens (tertiary/aromatic N) is 1. The Morgan fingerprint density at radius 1 is 1.23 bits per heavy atom. The summed E-state index contributed by atoms with van der Waals surface area (Å²) in [4.78, 5) is 14.7. The molecule has 126 valence electrons. The zero-order valence-electron chi connectivity index (χ0n) is 13.5. The molecule has 0 radical (unpaired) electrons. The van der Waals surface area contributed by atoms with Gasteiger partial charge in [-0.3, -0.25) is 9.69 Å². The molecule has 6 heteroatoms. The van der Waals surface area contributed by atoms with Crippen molar-refractivity contribution in [1.29, 1.82) is 0 Å². The monoisotopic (exact) mass is 312 g/mol. The van der Waals surface area contributed by atoms with Crippen LogP contribution in [0.2, 0.25) is 0 Å². The molecule has 1 amide bonds. The van der Waals surface area contributed by atoms with Gasteiger partial charge in [-0.25, -0.2) is 0 Å². The molecule has 3 fully saturated rings. The van der Waals surface area contributed by atoms with Crippen molar-refractivity contribution in [1.82, 2.24) is 10.2 Å². The highest BCUT2D eigenvalue weighted by atomic mass is 16.5. The van der Waals surface area contributed by atoms with Crippen molar-refractivity contribution >= 4 is 5.91 Å². The molecule has 3 atom stereocenters. The van der Waals surface area contributed by atoms with Crippen molar-refractivity contribution in [2.24, 2.45) is 0 Å². The first-order valence-corrected chi connectivity index (χ1v) is 8.55. The molecule has 3 saturated heterocycles. The molecule has 0 spiro atoms. The van der Waals surface area contributed by atoms with Crippen LogP contribution < -0.4 is 5.32 Å². The predicted molar refractivity (Wildman–Crippen MR) is 81.7 cm³/mol. The van der Waals surface area contributed by atoms with Gasteiger partial charge >= 0.3 is 0 Å². The molecule has 3 heterocycles. The minimum absolute atomic E-state index is 0.0139.